The van der Waals surface area contributed by atoms with Gasteiger partial charge in [-0.05, 0) is 55.5 Å². The molecule has 3 rings (SSSR count). The zero-order chi connectivity index (χ0) is 25.2. The minimum absolute atomic E-state index is 0.0977. The summed E-state index contributed by atoms with van der Waals surface area (Å²) in [5, 5.41) is 15.1. The molecule has 0 amide bonds. The van der Waals surface area contributed by atoms with Crippen LogP contribution in [-0.2, 0) is 16.0 Å². The van der Waals surface area contributed by atoms with Gasteiger partial charge >= 0.3 is 0 Å². The molecule has 0 fully saturated rings. The molecule has 1 heterocycles. The van der Waals surface area contributed by atoms with E-state index in [2.05, 4.69) is 11.0 Å². The number of ether oxygens (including phenoxy) is 3. The fraction of sp³-hybridized carbons (Fsp3) is 0.346. The molecule has 0 saturated carbocycles. The molecule has 1 atom stereocenters. The molecular formula is C26H29F2N3O4. The van der Waals surface area contributed by atoms with Crippen LogP contribution in [0.1, 0.15) is 11.3 Å². The van der Waals surface area contributed by atoms with Crippen LogP contribution in [0.4, 0.5) is 8.78 Å². The van der Waals surface area contributed by atoms with Gasteiger partial charge in [0.25, 0.3) is 0 Å². The van der Waals surface area contributed by atoms with E-state index in [1.807, 2.05) is 11.8 Å². The number of aryl methyl sites for hydroxylation is 1. The van der Waals surface area contributed by atoms with E-state index >= 15 is 0 Å². The Hall–Kier alpha value is -3.29. The van der Waals surface area contributed by atoms with Gasteiger partial charge in [0.05, 0.1) is 36.3 Å². The van der Waals surface area contributed by atoms with Crippen LogP contribution in [0.15, 0.2) is 48.5 Å². The average molecular weight is 486 g/mol. The highest BCUT2D eigenvalue weighted by Gasteiger charge is 2.23. The zero-order valence-electron chi connectivity index (χ0n) is 19.8. The molecule has 1 aromatic heterocycles. The SMILES string of the molecule is C#CCOCC(O)CN(CCOC)Cc1c(C)nn(-c2ccc(F)cc2)c1Oc1ccc(F)cc1. The van der Waals surface area contributed by atoms with Gasteiger partial charge in [-0.15, -0.1) is 6.42 Å². The Balaban J connectivity index is 1.93. The molecule has 3 aromatic rings. The highest BCUT2D eigenvalue weighted by Crippen LogP contribution is 2.32. The highest BCUT2D eigenvalue weighted by atomic mass is 19.1. The smallest absolute Gasteiger partial charge is 0.227 e. The molecule has 1 unspecified atom stereocenters. The second-order valence-corrected chi connectivity index (χ2v) is 7.91. The van der Waals surface area contributed by atoms with Gasteiger partial charge in [0, 0.05) is 26.7 Å². The predicted octanol–water partition coefficient (Wildman–Crippen LogP) is 3.71. The van der Waals surface area contributed by atoms with Crippen molar-refractivity contribution in [2.45, 2.75) is 19.6 Å². The first-order chi connectivity index (χ1) is 16.9. The Morgan fingerprint density at radius 1 is 1.11 bits per heavy atom. The fourth-order valence-electron chi connectivity index (χ4n) is 3.48. The standard InChI is InChI=1S/C26H29F2N3O4/c1-4-14-34-18-23(32)16-30(13-15-33-3)17-25-19(2)29-31(22-9-5-20(27)6-10-22)26(25)35-24-11-7-21(28)8-12-24/h1,5-12,23,32H,13-18H2,2-3H3. The number of aliphatic hydroxyl groups excluding tert-OH is 1. The molecule has 0 aliphatic carbocycles. The van der Waals surface area contributed by atoms with Crippen molar-refractivity contribution in [2.75, 3.05) is 40.0 Å². The summed E-state index contributed by atoms with van der Waals surface area (Å²) < 4.78 is 45.2. The lowest BCUT2D eigenvalue weighted by Gasteiger charge is -2.25. The molecule has 0 spiro atoms. The summed E-state index contributed by atoms with van der Waals surface area (Å²) in [6.07, 6.45) is 4.43. The highest BCUT2D eigenvalue weighted by molar-refractivity contribution is 5.43. The van der Waals surface area contributed by atoms with Crippen LogP contribution in [0.5, 0.6) is 11.6 Å². The van der Waals surface area contributed by atoms with Gasteiger partial charge in [0.2, 0.25) is 5.88 Å². The number of nitrogens with zero attached hydrogens (tertiary/aromatic N) is 3. The van der Waals surface area contributed by atoms with E-state index in [1.54, 1.807) is 23.9 Å². The van der Waals surface area contributed by atoms with Crippen molar-refractivity contribution in [3.8, 4) is 29.7 Å². The third kappa shape index (κ3) is 7.60. The van der Waals surface area contributed by atoms with Gasteiger partial charge in [-0.2, -0.15) is 5.10 Å². The second kappa shape index (κ2) is 13.0. The van der Waals surface area contributed by atoms with Gasteiger partial charge in [-0.1, -0.05) is 5.92 Å². The Labute approximate surface area is 203 Å². The van der Waals surface area contributed by atoms with Crippen LogP contribution in [0.3, 0.4) is 0 Å². The summed E-state index contributed by atoms with van der Waals surface area (Å²) in [5.41, 5.74) is 2.04. The number of hydrogen-bond acceptors (Lipinski definition) is 6. The monoisotopic (exact) mass is 485 g/mol. The Morgan fingerprint density at radius 3 is 2.40 bits per heavy atom. The first-order valence-electron chi connectivity index (χ1n) is 11.1. The van der Waals surface area contributed by atoms with Crippen molar-refractivity contribution < 1.29 is 28.1 Å². The summed E-state index contributed by atoms with van der Waals surface area (Å²) in [6, 6.07) is 11.5. The molecule has 186 valence electrons. The van der Waals surface area contributed by atoms with E-state index in [9.17, 15) is 13.9 Å². The van der Waals surface area contributed by atoms with Crippen molar-refractivity contribution in [1.82, 2.24) is 14.7 Å². The van der Waals surface area contributed by atoms with Gasteiger partial charge < -0.3 is 19.3 Å². The van der Waals surface area contributed by atoms with Crippen molar-refractivity contribution in [3.05, 3.63) is 71.4 Å². The Bertz CT molecular complexity index is 1110. The Kier molecular flexibility index (Phi) is 9.76. The molecule has 35 heavy (non-hydrogen) atoms. The fourth-order valence-corrected chi connectivity index (χ4v) is 3.48. The van der Waals surface area contributed by atoms with Crippen molar-refractivity contribution in [3.63, 3.8) is 0 Å². The maximum absolute atomic E-state index is 13.5. The number of halogens is 2. The molecule has 0 bridgehead atoms. The van der Waals surface area contributed by atoms with Crippen LogP contribution >= 0.6 is 0 Å². The summed E-state index contributed by atoms with van der Waals surface area (Å²) in [4.78, 5) is 1.99. The molecule has 2 aromatic carbocycles. The van der Waals surface area contributed by atoms with Crippen molar-refractivity contribution in [2.24, 2.45) is 0 Å². The molecule has 0 saturated heterocycles. The summed E-state index contributed by atoms with van der Waals surface area (Å²) in [6.45, 7) is 3.70. The third-order valence-electron chi connectivity index (χ3n) is 5.19. The van der Waals surface area contributed by atoms with Crippen molar-refractivity contribution in [1.29, 1.82) is 0 Å². The topological polar surface area (TPSA) is 69.0 Å². The van der Waals surface area contributed by atoms with Crippen LogP contribution in [-0.4, -0.2) is 65.9 Å². The number of rotatable bonds is 13. The molecule has 0 aliphatic rings. The number of benzene rings is 2. The lowest BCUT2D eigenvalue weighted by atomic mass is 10.2. The van der Waals surface area contributed by atoms with Gasteiger partial charge in [-0.25, -0.2) is 13.5 Å². The minimum Gasteiger partial charge on any atom is -0.439 e. The van der Waals surface area contributed by atoms with Crippen LogP contribution in [0.25, 0.3) is 5.69 Å². The minimum atomic E-state index is -0.769. The van der Waals surface area contributed by atoms with Gasteiger partial charge in [0.15, 0.2) is 0 Å². The van der Waals surface area contributed by atoms with Gasteiger partial charge in [0.1, 0.15) is 24.0 Å². The largest absolute Gasteiger partial charge is 0.439 e. The van der Waals surface area contributed by atoms with E-state index in [4.69, 9.17) is 20.6 Å². The first kappa shape index (κ1) is 26.3. The summed E-state index contributed by atoms with van der Waals surface area (Å²) in [5.74, 6) is 2.44. The Morgan fingerprint density at radius 2 is 1.77 bits per heavy atom. The lowest BCUT2D eigenvalue weighted by Crippen LogP contribution is -2.36. The second-order valence-electron chi connectivity index (χ2n) is 7.91. The maximum atomic E-state index is 13.5. The molecule has 1 N–H and O–H groups in total. The number of terminal acetylenes is 1. The first-order valence-corrected chi connectivity index (χ1v) is 11.1. The summed E-state index contributed by atoms with van der Waals surface area (Å²) >= 11 is 0. The normalized spacial score (nSPS) is 12.0. The van der Waals surface area contributed by atoms with E-state index < -0.39 is 6.10 Å². The predicted molar refractivity (Wildman–Crippen MR) is 128 cm³/mol. The average Bonchev–Trinajstić information content (AvgIpc) is 3.14. The quantitative estimate of drug-likeness (QED) is 0.294. The van der Waals surface area contributed by atoms with Crippen LogP contribution < -0.4 is 4.74 Å². The number of methoxy groups -OCH3 is 1. The molecule has 0 radical (unpaired) electrons. The third-order valence-corrected chi connectivity index (χ3v) is 5.19. The summed E-state index contributed by atoms with van der Waals surface area (Å²) in [7, 11) is 1.60. The molecule has 9 heteroatoms. The van der Waals surface area contributed by atoms with E-state index in [0.29, 0.717) is 49.3 Å². The lowest BCUT2D eigenvalue weighted by molar-refractivity contribution is 0.0206. The van der Waals surface area contributed by atoms with E-state index in [-0.39, 0.29) is 24.8 Å². The van der Waals surface area contributed by atoms with Gasteiger partial charge in [-0.3, -0.25) is 4.90 Å². The molecule has 7 nitrogen and oxygen atoms in total. The van der Waals surface area contributed by atoms with Crippen LogP contribution in [0, 0.1) is 30.9 Å². The molecular weight excluding hydrogens is 456 g/mol. The number of aliphatic hydroxyl groups is 1. The number of aromatic nitrogens is 2. The maximum Gasteiger partial charge on any atom is 0.227 e. The van der Waals surface area contributed by atoms with Crippen LogP contribution in [0.2, 0.25) is 0 Å². The zero-order valence-corrected chi connectivity index (χ0v) is 19.8. The van der Waals surface area contributed by atoms with E-state index in [0.717, 1.165) is 5.56 Å². The van der Waals surface area contributed by atoms with Crippen molar-refractivity contribution >= 4 is 0 Å². The van der Waals surface area contributed by atoms with E-state index in [1.165, 1.54) is 36.4 Å². The number of hydrogen-bond donors (Lipinski definition) is 1. The molecule has 0 aliphatic heterocycles.